The quantitative estimate of drug-likeness (QED) is 0.451. The maximum atomic E-state index is 4.35. The maximum absolute atomic E-state index is 4.35. The number of aliphatic imine (C=N–C) groups is 2. The van der Waals surface area contributed by atoms with Crippen LogP contribution in [0.2, 0.25) is 0 Å². The van der Waals surface area contributed by atoms with Crippen molar-refractivity contribution in [3.05, 3.63) is 67.6 Å². The molecule has 0 bridgehead atoms. The van der Waals surface area contributed by atoms with Crippen LogP contribution in [0.15, 0.2) is 64.6 Å². The van der Waals surface area contributed by atoms with Crippen LogP contribution < -0.4 is 0 Å². The number of para-hydroxylation sites is 2. The standard InChI is InChI=1S/C15H14N2.CH3.Ni/c1-13-7-5-6-10-15(13)17-12-11-16-14-8-3-2-4-9-14;;/h2-12H,1H3;1H3;/q;-1;. The fourth-order valence-corrected chi connectivity index (χ4v) is 1.46. The summed E-state index contributed by atoms with van der Waals surface area (Å²) in [4.78, 5) is 8.62. The third-order valence-corrected chi connectivity index (χ3v) is 2.38. The van der Waals surface area contributed by atoms with Gasteiger partial charge in [0.25, 0.3) is 0 Å². The fraction of sp³-hybridized carbons (Fsp3) is 0.0625. The Balaban J connectivity index is 0.00000162. The second-order valence-corrected chi connectivity index (χ2v) is 3.68. The summed E-state index contributed by atoms with van der Waals surface area (Å²) in [7, 11) is 0. The summed E-state index contributed by atoms with van der Waals surface area (Å²) in [6.07, 6.45) is 3.43. The van der Waals surface area contributed by atoms with Crippen molar-refractivity contribution in [2.75, 3.05) is 0 Å². The number of rotatable bonds is 3. The molecule has 0 fully saturated rings. The molecule has 0 unspecified atom stereocenters. The van der Waals surface area contributed by atoms with Crippen LogP contribution in [-0.4, -0.2) is 12.4 Å². The molecule has 0 saturated carbocycles. The third-order valence-electron chi connectivity index (χ3n) is 2.38. The fourth-order valence-electron chi connectivity index (χ4n) is 1.46. The molecule has 0 N–H and O–H groups in total. The van der Waals surface area contributed by atoms with Crippen molar-refractivity contribution in [3.63, 3.8) is 0 Å². The Bertz CT molecular complexity index is 533. The van der Waals surface area contributed by atoms with E-state index in [0.717, 1.165) is 16.9 Å². The van der Waals surface area contributed by atoms with Crippen molar-refractivity contribution < 1.29 is 16.5 Å². The van der Waals surface area contributed by atoms with Crippen LogP contribution in [0.25, 0.3) is 0 Å². The van der Waals surface area contributed by atoms with Crippen LogP contribution in [0.5, 0.6) is 0 Å². The summed E-state index contributed by atoms with van der Waals surface area (Å²) < 4.78 is 0. The molecule has 2 aromatic rings. The van der Waals surface area contributed by atoms with Gasteiger partial charge in [-0.15, -0.1) is 0 Å². The SMILES string of the molecule is Cc1ccccc1N=CC=Nc1ccccc1.[CH3-].[Ni]. The Labute approximate surface area is 125 Å². The number of hydrogen-bond acceptors (Lipinski definition) is 2. The average molecular weight is 296 g/mol. The first-order valence-corrected chi connectivity index (χ1v) is 5.53. The molecule has 0 heterocycles. The van der Waals surface area contributed by atoms with E-state index < -0.39 is 0 Å². The molecule has 0 spiro atoms. The van der Waals surface area contributed by atoms with E-state index in [1.165, 1.54) is 0 Å². The molecule has 2 nitrogen and oxygen atoms in total. The molecule has 2 aromatic carbocycles. The van der Waals surface area contributed by atoms with Gasteiger partial charge in [0, 0.05) is 28.9 Å². The molecule has 2 rings (SSSR count). The summed E-state index contributed by atoms with van der Waals surface area (Å²) in [5, 5.41) is 0. The average Bonchev–Trinajstić information content (AvgIpc) is 2.38. The first kappa shape index (κ1) is 17.3. The van der Waals surface area contributed by atoms with Crippen molar-refractivity contribution in [1.29, 1.82) is 0 Å². The molecule has 0 aliphatic heterocycles. The molecule has 19 heavy (non-hydrogen) atoms. The molecule has 0 aliphatic rings. The van der Waals surface area contributed by atoms with Gasteiger partial charge < -0.3 is 7.43 Å². The van der Waals surface area contributed by atoms with Gasteiger partial charge >= 0.3 is 0 Å². The van der Waals surface area contributed by atoms with Crippen LogP contribution in [-0.2, 0) is 16.5 Å². The topological polar surface area (TPSA) is 24.7 Å². The monoisotopic (exact) mass is 295 g/mol. The van der Waals surface area contributed by atoms with Crippen LogP contribution in [0.3, 0.4) is 0 Å². The second-order valence-electron chi connectivity index (χ2n) is 3.68. The Morgan fingerprint density at radius 3 is 2.05 bits per heavy atom. The molecule has 102 valence electrons. The van der Waals surface area contributed by atoms with Crippen molar-refractivity contribution in [2.45, 2.75) is 6.92 Å². The minimum Gasteiger partial charge on any atom is -0.358 e. The third kappa shape index (κ3) is 5.63. The zero-order valence-corrected chi connectivity index (χ0v) is 12.0. The Morgan fingerprint density at radius 1 is 0.789 bits per heavy atom. The van der Waals surface area contributed by atoms with E-state index >= 15 is 0 Å². The van der Waals surface area contributed by atoms with E-state index in [0.29, 0.717) is 0 Å². The summed E-state index contributed by atoms with van der Waals surface area (Å²) in [6, 6.07) is 17.8. The maximum Gasteiger partial charge on any atom is 0.0659 e. The number of aryl methyl sites for hydroxylation is 1. The largest absolute Gasteiger partial charge is 0.358 e. The van der Waals surface area contributed by atoms with Gasteiger partial charge in [-0.3, -0.25) is 9.98 Å². The van der Waals surface area contributed by atoms with Crippen molar-refractivity contribution in [2.24, 2.45) is 9.98 Å². The van der Waals surface area contributed by atoms with E-state index in [1.807, 2.05) is 61.5 Å². The minimum atomic E-state index is 0. The number of hydrogen-bond donors (Lipinski definition) is 0. The van der Waals surface area contributed by atoms with Crippen LogP contribution >= 0.6 is 0 Å². The summed E-state index contributed by atoms with van der Waals surface area (Å²) >= 11 is 0. The van der Waals surface area contributed by atoms with Gasteiger partial charge in [0.15, 0.2) is 0 Å². The molecule has 0 amide bonds. The van der Waals surface area contributed by atoms with E-state index in [9.17, 15) is 0 Å². The Hall–Kier alpha value is -1.73. The summed E-state index contributed by atoms with van der Waals surface area (Å²) in [5.41, 5.74) is 3.08. The second kappa shape index (κ2) is 9.24. The van der Waals surface area contributed by atoms with Crippen LogP contribution in [0, 0.1) is 14.4 Å². The Morgan fingerprint density at radius 2 is 1.37 bits per heavy atom. The molecule has 0 aromatic heterocycles. The summed E-state index contributed by atoms with van der Waals surface area (Å²) in [5.74, 6) is 0. The van der Waals surface area contributed by atoms with Crippen molar-refractivity contribution in [1.82, 2.24) is 0 Å². The van der Waals surface area contributed by atoms with Gasteiger partial charge in [-0.25, -0.2) is 0 Å². The van der Waals surface area contributed by atoms with Gasteiger partial charge in [-0.05, 0) is 30.7 Å². The predicted molar refractivity (Wildman–Crippen MR) is 80.3 cm³/mol. The van der Waals surface area contributed by atoms with Crippen LogP contribution in [0.1, 0.15) is 5.56 Å². The first-order valence-electron chi connectivity index (χ1n) is 5.53. The zero-order chi connectivity index (χ0) is 11.9. The van der Waals surface area contributed by atoms with E-state index in [-0.39, 0.29) is 23.9 Å². The van der Waals surface area contributed by atoms with Gasteiger partial charge in [0.05, 0.1) is 11.4 Å². The number of benzene rings is 2. The van der Waals surface area contributed by atoms with Gasteiger partial charge in [0.1, 0.15) is 0 Å². The van der Waals surface area contributed by atoms with Gasteiger partial charge in [-0.2, -0.15) is 0 Å². The molecule has 3 heteroatoms. The molecule has 0 aliphatic carbocycles. The smallest absolute Gasteiger partial charge is 0.0659 e. The van der Waals surface area contributed by atoms with Crippen LogP contribution in [0.4, 0.5) is 11.4 Å². The molecular formula is C16H17N2Ni-. The van der Waals surface area contributed by atoms with Crippen molar-refractivity contribution >= 4 is 23.8 Å². The normalized spacial score (nSPS) is 10.2. The minimum absolute atomic E-state index is 0. The van der Waals surface area contributed by atoms with Crippen molar-refractivity contribution in [3.8, 4) is 0 Å². The van der Waals surface area contributed by atoms with Gasteiger partial charge in [0.2, 0.25) is 0 Å². The number of nitrogens with zero attached hydrogens (tertiary/aromatic N) is 2. The van der Waals surface area contributed by atoms with E-state index in [2.05, 4.69) is 9.98 Å². The molecular weight excluding hydrogens is 279 g/mol. The molecule has 0 radical (unpaired) electrons. The summed E-state index contributed by atoms with van der Waals surface area (Å²) in [6.45, 7) is 2.04. The molecule has 0 atom stereocenters. The van der Waals surface area contributed by atoms with E-state index in [4.69, 9.17) is 0 Å². The Kier molecular flexibility index (Phi) is 8.40. The van der Waals surface area contributed by atoms with E-state index in [1.54, 1.807) is 12.4 Å². The zero-order valence-electron chi connectivity index (χ0n) is 11.1. The molecule has 0 saturated heterocycles. The predicted octanol–water partition coefficient (Wildman–Crippen LogP) is 4.55. The van der Waals surface area contributed by atoms with Gasteiger partial charge in [-0.1, -0.05) is 36.4 Å². The first-order chi connectivity index (χ1) is 8.36.